The molecule has 0 bridgehead atoms. The Bertz CT molecular complexity index is 1720. The van der Waals surface area contributed by atoms with E-state index < -0.39 is 35.9 Å². The third kappa shape index (κ3) is 6.93. The van der Waals surface area contributed by atoms with Gasteiger partial charge in [-0.05, 0) is 74.9 Å². The lowest BCUT2D eigenvalue weighted by Crippen LogP contribution is -2.58. The summed E-state index contributed by atoms with van der Waals surface area (Å²) in [7, 11) is 0. The van der Waals surface area contributed by atoms with Gasteiger partial charge in [0.25, 0.3) is 5.91 Å². The van der Waals surface area contributed by atoms with Crippen molar-refractivity contribution in [3.63, 3.8) is 0 Å². The average molecular weight is 652 g/mol. The van der Waals surface area contributed by atoms with Crippen molar-refractivity contribution in [2.24, 2.45) is 0 Å². The third-order valence-electron chi connectivity index (χ3n) is 7.62. The van der Waals surface area contributed by atoms with Gasteiger partial charge in [-0.15, -0.1) is 0 Å². The number of rotatable bonds is 6. The number of likely N-dealkylation sites (tertiary alicyclic amines) is 1. The summed E-state index contributed by atoms with van der Waals surface area (Å²) in [6, 6.07) is 19.2. The largest absolute Gasteiger partial charge is 0.444 e. The highest BCUT2D eigenvalue weighted by molar-refractivity contribution is 6.35. The maximum absolute atomic E-state index is 13.8. The standard InChI is InChI=1S/C33H32Cl2N4O6/c1-33(2,3)45-32(42)38-17-25-28(18-38)43-27(31(41)39(25)16-20-8-11-21(34)14-23(20)35)15-29(40)36-22-12-9-19(10-13-22)30-37-24-6-4-5-7-26(24)44-30/h4-14,25,27-28H,15-18H2,1-3H3,(H,36,40). The highest BCUT2D eigenvalue weighted by atomic mass is 35.5. The van der Waals surface area contributed by atoms with E-state index in [0.29, 0.717) is 32.8 Å². The molecule has 234 valence electrons. The molecule has 6 rings (SSSR count). The van der Waals surface area contributed by atoms with E-state index in [1.165, 1.54) is 4.90 Å². The highest BCUT2D eigenvalue weighted by Crippen LogP contribution is 2.32. The number of carbonyl (C=O) groups excluding carboxylic acids is 3. The van der Waals surface area contributed by atoms with E-state index in [0.717, 1.165) is 11.1 Å². The molecule has 3 atom stereocenters. The number of hydrogen-bond acceptors (Lipinski definition) is 7. The first-order chi connectivity index (χ1) is 21.4. The summed E-state index contributed by atoms with van der Waals surface area (Å²) in [4.78, 5) is 47.6. The number of oxazole rings is 1. The number of ether oxygens (including phenoxy) is 2. The number of halogens is 2. The van der Waals surface area contributed by atoms with Crippen LogP contribution in [0.1, 0.15) is 32.8 Å². The first kappa shape index (κ1) is 30.9. The van der Waals surface area contributed by atoms with E-state index in [9.17, 15) is 14.4 Å². The van der Waals surface area contributed by atoms with E-state index in [4.69, 9.17) is 37.1 Å². The van der Waals surface area contributed by atoms with Gasteiger partial charge in [-0.3, -0.25) is 9.59 Å². The number of anilines is 1. The SMILES string of the molecule is CC(C)(C)OC(=O)N1CC2OC(CC(=O)Nc3ccc(-c4nc5ccccc5o4)cc3)C(=O)N(Cc3ccc(Cl)cc3Cl)C2C1. The maximum Gasteiger partial charge on any atom is 0.410 e. The molecule has 3 unspecified atom stereocenters. The topological polar surface area (TPSA) is 114 Å². The zero-order valence-corrected chi connectivity index (χ0v) is 26.5. The van der Waals surface area contributed by atoms with Crippen molar-refractivity contribution in [3.05, 3.63) is 82.3 Å². The quantitative estimate of drug-likeness (QED) is 0.252. The molecule has 3 amide bonds. The van der Waals surface area contributed by atoms with Crippen LogP contribution < -0.4 is 5.32 Å². The molecular weight excluding hydrogens is 619 g/mol. The van der Waals surface area contributed by atoms with Gasteiger partial charge >= 0.3 is 6.09 Å². The van der Waals surface area contributed by atoms with Crippen LogP contribution in [0.15, 0.2) is 71.1 Å². The fraction of sp³-hybridized carbons (Fsp3) is 0.333. The molecule has 0 radical (unpaired) electrons. The lowest BCUT2D eigenvalue weighted by atomic mass is 10.0. The molecule has 1 N–H and O–H groups in total. The molecule has 3 heterocycles. The van der Waals surface area contributed by atoms with E-state index in [2.05, 4.69) is 10.3 Å². The van der Waals surface area contributed by atoms with E-state index in [-0.39, 0.29) is 32.0 Å². The second-order valence-electron chi connectivity index (χ2n) is 12.1. The Labute approximate surface area is 270 Å². The van der Waals surface area contributed by atoms with Gasteiger partial charge in [-0.1, -0.05) is 41.4 Å². The van der Waals surface area contributed by atoms with Crippen LogP contribution >= 0.6 is 23.2 Å². The van der Waals surface area contributed by atoms with E-state index in [1.54, 1.807) is 68.1 Å². The third-order valence-corrected chi connectivity index (χ3v) is 8.21. The minimum atomic E-state index is -1.06. The number of benzene rings is 3. The summed E-state index contributed by atoms with van der Waals surface area (Å²) in [5.41, 5.74) is 2.75. The van der Waals surface area contributed by atoms with Crippen molar-refractivity contribution in [3.8, 4) is 11.5 Å². The van der Waals surface area contributed by atoms with Gasteiger partial charge in [0, 0.05) is 34.4 Å². The fourth-order valence-electron chi connectivity index (χ4n) is 5.52. The van der Waals surface area contributed by atoms with Crippen molar-refractivity contribution in [1.82, 2.24) is 14.8 Å². The highest BCUT2D eigenvalue weighted by Gasteiger charge is 2.49. The predicted octanol–water partition coefficient (Wildman–Crippen LogP) is 6.55. The van der Waals surface area contributed by atoms with Gasteiger partial charge in [0.05, 0.1) is 25.1 Å². The molecule has 0 aliphatic carbocycles. The molecule has 12 heteroatoms. The van der Waals surface area contributed by atoms with Crippen LogP contribution in [0, 0.1) is 0 Å². The molecule has 2 aliphatic heterocycles. The van der Waals surface area contributed by atoms with Crippen LogP contribution in [0.5, 0.6) is 0 Å². The predicted molar refractivity (Wildman–Crippen MR) is 170 cm³/mol. The van der Waals surface area contributed by atoms with Crippen LogP contribution in [-0.4, -0.2) is 69.6 Å². The van der Waals surface area contributed by atoms with Crippen LogP contribution in [0.4, 0.5) is 10.5 Å². The number of aromatic nitrogens is 1. The van der Waals surface area contributed by atoms with Gasteiger partial charge in [0.1, 0.15) is 17.2 Å². The lowest BCUT2D eigenvalue weighted by molar-refractivity contribution is -0.169. The lowest BCUT2D eigenvalue weighted by Gasteiger charge is -2.40. The molecule has 0 saturated carbocycles. The zero-order valence-electron chi connectivity index (χ0n) is 25.0. The second-order valence-corrected chi connectivity index (χ2v) is 13.0. The number of amides is 3. The molecule has 2 saturated heterocycles. The van der Waals surface area contributed by atoms with Crippen LogP contribution in [-0.2, 0) is 25.6 Å². The number of carbonyl (C=O) groups is 3. The summed E-state index contributed by atoms with van der Waals surface area (Å²) >= 11 is 12.6. The number of morpholine rings is 1. The zero-order chi connectivity index (χ0) is 31.9. The molecule has 4 aromatic rings. The number of nitrogens with one attached hydrogen (secondary N) is 1. The Balaban J connectivity index is 1.16. The molecule has 45 heavy (non-hydrogen) atoms. The second kappa shape index (κ2) is 12.3. The average Bonchev–Trinajstić information content (AvgIpc) is 3.60. The Hall–Kier alpha value is -4.12. The van der Waals surface area contributed by atoms with Crippen molar-refractivity contribution in [2.75, 3.05) is 18.4 Å². The molecule has 10 nitrogen and oxygen atoms in total. The van der Waals surface area contributed by atoms with Gasteiger partial charge in [-0.25, -0.2) is 9.78 Å². The Morgan fingerprint density at radius 3 is 2.51 bits per heavy atom. The first-order valence-electron chi connectivity index (χ1n) is 14.6. The van der Waals surface area contributed by atoms with Gasteiger partial charge in [0.2, 0.25) is 11.8 Å². The first-order valence-corrected chi connectivity index (χ1v) is 15.3. The Kier molecular flexibility index (Phi) is 8.47. The van der Waals surface area contributed by atoms with Gasteiger partial charge in [-0.2, -0.15) is 0 Å². The molecule has 2 aliphatic rings. The molecule has 1 aromatic heterocycles. The molecular formula is C33H32Cl2N4O6. The number of nitrogens with zero attached hydrogens (tertiary/aromatic N) is 3. The smallest absolute Gasteiger partial charge is 0.410 e. The summed E-state index contributed by atoms with van der Waals surface area (Å²) in [6.45, 7) is 5.98. The van der Waals surface area contributed by atoms with Crippen molar-refractivity contribution < 1.29 is 28.3 Å². The van der Waals surface area contributed by atoms with Crippen molar-refractivity contribution >= 4 is 57.9 Å². The molecule has 0 spiro atoms. The summed E-state index contributed by atoms with van der Waals surface area (Å²) in [5, 5.41) is 3.73. The monoisotopic (exact) mass is 650 g/mol. The molecule has 2 fully saturated rings. The van der Waals surface area contributed by atoms with E-state index in [1.807, 2.05) is 24.3 Å². The fourth-order valence-corrected chi connectivity index (χ4v) is 5.99. The number of fused-ring (bicyclic) bond motifs is 2. The summed E-state index contributed by atoms with van der Waals surface area (Å²) < 4.78 is 17.6. The van der Waals surface area contributed by atoms with Crippen molar-refractivity contribution in [1.29, 1.82) is 0 Å². The minimum Gasteiger partial charge on any atom is -0.444 e. The van der Waals surface area contributed by atoms with Crippen LogP contribution in [0.2, 0.25) is 10.0 Å². The number of hydrogen-bond donors (Lipinski definition) is 1. The Morgan fingerprint density at radius 1 is 1.04 bits per heavy atom. The van der Waals surface area contributed by atoms with Crippen LogP contribution in [0.25, 0.3) is 22.6 Å². The van der Waals surface area contributed by atoms with Gasteiger partial charge < -0.3 is 29.0 Å². The maximum atomic E-state index is 13.8. The van der Waals surface area contributed by atoms with Crippen molar-refractivity contribution in [2.45, 2.75) is 57.6 Å². The van der Waals surface area contributed by atoms with Crippen LogP contribution in [0.3, 0.4) is 0 Å². The number of para-hydroxylation sites is 2. The molecule has 3 aromatic carbocycles. The van der Waals surface area contributed by atoms with E-state index >= 15 is 0 Å². The van der Waals surface area contributed by atoms with Gasteiger partial charge in [0.15, 0.2) is 5.58 Å². The Morgan fingerprint density at radius 2 is 1.80 bits per heavy atom. The summed E-state index contributed by atoms with van der Waals surface area (Å²) in [5.74, 6) is -0.287. The minimum absolute atomic E-state index is 0.164. The normalized spacial score (nSPS) is 19.9. The summed E-state index contributed by atoms with van der Waals surface area (Å²) in [6.07, 6.45) is -2.29.